The van der Waals surface area contributed by atoms with Gasteiger partial charge in [-0.15, -0.1) is 0 Å². The van der Waals surface area contributed by atoms with E-state index in [4.69, 9.17) is 10.5 Å². The van der Waals surface area contributed by atoms with E-state index in [1.807, 2.05) is 30.3 Å². The van der Waals surface area contributed by atoms with Gasteiger partial charge in [0.25, 0.3) is 0 Å². The SMILES string of the molecule is C[C@H](NC(=O)C(C)(C)NC(=O)OCc1ccccc1)C(N)=O. The maximum absolute atomic E-state index is 12.0. The van der Waals surface area contributed by atoms with Crippen molar-refractivity contribution in [1.29, 1.82) is 0 Å². The van der Waals surface area contributed by atoms with Crippen molar-refractivity contribution in [3.63, 3.8) is 0 Å². The van der Waals surface area contributed by atoms with Crippen LogP contribution in [0.1, 0.15) is 26.3 Å². The number of nitrogens with two attached hydrogens (primary N) is 1. The molecule has 22 heavy (non-hydrogen) atoms. The monoisotopic (exact) mass is 307 g/mol. The topological polar surface area (TPSA) is 111 Å². The van der Waals surface area contributed by atoms with E-state index in [-0.39, 0.29) is 6.61 Å². The van der Waals surface area contributed by atoms with Crippen LogP contribution in [0.2, 0.25) is 0 Å². The minimum Gasteiger partial charge on any atom is -0.445 e. The summed E-state index contributed by atoms with van der Waals surface area (Å²) in [6.45, 7) is 4.56. The Kier molecular flexibility index (Phi) is 5.91. The molecule has 120 valence electrons. The fourth-order valence-electron chi connectivity index (χ4n) is 1.52. The molecule has 4 N–H and O–H groups in total. The second-order valence-electron chi connectivity index (χ2n) is 5.41. The van der Waals surface area contributed by atoms with Gasteiger partial charge in [0.2, 0.25) is 11.8 Å². The van der Waals surface area contributed by atoms with Crippen molar-refractivity contribution in [2.45, 2.75) is 39.0 Å². The molecule has 3 amide bonds. The van der Waals surface area contributed by atoms with Crippen LogP contribution < -0.4 is 16.4 Å². The molecule has 0 saturated carbocycles. The smallest absolute Gasteiger partial charge is 0.408 e. The van der Waals surface area contributed by atoms with Gasteiger partial charge in [-0.25, -0.2) is 4.79 Å². The van der Waals surface area contributed by atoms with Crippen molar-refractivity contribution >= 4 is 17.9 Å². The van der Waals surface area contributed by atoms with Gasteiger partial charge >= 0.3 is 6.09 Å². The fourth-order valence-corrected chi connectivity index (χ4v) is 1.52. The molecule has 0 fully saturated rings. The molecule has 7 heteroatoms. The van der Waals surface area contributed by atoms with Crippen LogP contribution in [0.5, 0.6) is 0 Å². The summed E-state index contributed by atoms with van der Waals surface area (Å²) in [5.74, 6) is -1.19. The summed E-state index contributed by atoms with van der Waals surface area (Å²) < 4.78 is 5.04. The summed E-state index contributed by atoms with van der Waals surface area (Å²) in [5.41, 5.74) is 4.67. The Hall–Kier alpha value is -2.57. The third kappa shape index (κ3) is 5.43. The number of amides is 3. The molecule has 0 heterocycles. The number of primary amides is 1. The van der Waals surface area contributed by atoms with Crippen LogP contribution in [0, 0.1) is 0 Å². The number of nitrogens with one attached hydrogen (secondary N) is 2. The molecule has 7 nitrogen and oxygen atoms in total. The molecular weight excluding hydrogens is 286 g/mol. The average Bonchev–Trinajstić information content (AvgIpc) is 2.45. The largest absolute Gasteiger partial charge is 0.445 e. The van der Waals surface area contributed by atoms with Crippen molar-refractivity contribution in [1.82, 2.24) is 10.6 Å². The van der Waals surface area contributed by atoms with Crippen molar-refractivity contribution in [3.8, 4) is 0 Å². The van der Waals surface area contributed by atoms with Crippen molar-refractivity contribution < 1.29 is 19.1 Å². The molecule has 1 atom stereocenters. The molecule has 0 bridgehead atoms. The molecular formula is C15H21N3O4. The lowest BCUT2D eigenvalue weighted by Gasteiger charge is -2.26. The number of alkyl carbamates (subject to hydrolysis) is 1. The fraction of sp³-hybridized carbons (Fsp3) is 0.400. The second-order valence-corrected chi connectivity index (χ2v) is 5.41. The predicted octanol–water partition coefficient (Wildman–Crippen LogP) is 0.681. The van der Waals surface area contributed by atoms with Gasteiger partial charge in [-0.05, 0) is 26.3 Å². The summed E-state index contributed by atoms with van der Waals surface area (Å²) >= 11 is 0. The van der Waals surface area contributed by atoms with E-state index in [0.29, 0.717) is 0 Å². The summed E-state index contributed by atoms with van der Waals surface area (Å²) in [4.78, 5) is 34.7. The Morgan fingerprint density at radius 3 is 2.36 bits per heavy atom. The first-order chi connectivity index (χ1) is 10.2. The lowest BCUT2D eigenvalue weighted by atomic mass is 10.0. The van der Waals surface area contributed by atoms with E-state index < -0.39 is 29.5 Å². The van der Waals surface area contributed by atoms with Crippen LogP contribution in [0.25, 0.3) is 0 Å². The zero-order valence-corrected chi connectivity index (χ0v) is 12.9. The molecule has 0 aromatic heterocycles. The first-order valence-corrected chi connectivity index (χ1v) is 6.81. The average molecular weight is 307 g/mol. The zero-order chi connectivity index (χ0) is 16.8. The van der Waals surface area contributed by atoms with Gasteiger partial charge in [-0.1, -0.05) is 30.3 Å². The van der Waals surface area contributed by atoms with E-state index in [0.717, 1.165) is 5.56 Å². The Balaban J connectivity index is 2.50. The maximum Gasteiger partial charge on any atom is 0.408 e. The zero-order valence-electron chi connectivity index (χ0n) is 12.9. The molecule has 0 aliphatic rings. The minimum atomic E-state index is -1.24. The van der Waals surface area contributed by atoms with Gasteiger partial charge < -0.3 is 21.1 Å². The van der Waals surface area contributed by atoms with E-state index in [1.165, 1.54) is 20.8 Å². The van der Waals surface area contributed by atoms with Crippen LogP contribution in [0.4, 0.5) is 4.79 Å². The number of carbonyl (C=O) groups excluding carboxylic acids is 3. The molecule has 0 spiro atoms. The molecule has 0 aliphatic carbocycles. The third-order valence-electron chi connectivity index (χ3n) is 2.97. The van der Waals surface area contributed by atoms with Crippen molar-refractivity contribution in [2.24, 2.45) is 5.73 Å². The summed E-state index contributed by atoms with van der Waals surface area (Å²) in [6, 6.07) is 8.34. The number of benzene rings is 1. The van der Waals surface area contributed by atoms with Gasteiger partial charge in [0, 0.05) is 0 Å². The number of hydrogen-bond acceptors (Lipinski definition) is 4. The van der Waals surface area contributed by atoms with Gasteiger partial charge in [-0.3, -0.25) is 9.59 Å². The predicted molar refractivity (Wildman–Crippen MR) is 80.6 cm³/mol. The summed E-state index contributed by atoms with van der Waals surface area (Å²) in [6.07, 6.45) is -0.726. The third-order valence-corrected chi connectivity index (χ3v) is 2.97. The second kappa shape index (κ2) is 7.44. The molecule has 1 aromatic carbocycles. The van der Waals surface area contributed by atoms with Gasteiger partial charge in [-0.2, -0.15) is 0 Å². The number of carbonyl (C=O) groups is 3. The quantitative estimate of drug-likeness (QED) is 0.717. The van der Waals surface area contributed by atoms with Crippen LogP contribution in [-0.4, -0.2) is 29.5 Å². The number of rotatable bonds is 6. The highest BCUT2D eigenvalue weighted by atomic mass is 16.5. The van der Waals surface area contributed by atoms with Crippen molar-refractivity contribution in [2.75, 3.05) is 0 Å². The van der Waals surface area contributed by atoms with Gasteiger partial charge in [0.05, 0.1) is 0 Å². The Morgan fingerprint density at radius 1 is 1.23 bits per heavy atom. The Bertz CT molecular complexity index is 543. The van der Waals surface area contributed by atoms with E-state index in [9.17, 15) is 14.4 Å². The molecule has 0 radical (unpaired) electrons. The van der Waals surface area contributed by atoms with Crippen LogP contribution >= 0.6 is 0 Å². The lowest BCUT2D eigenvalue weighted by Crippen LogP contribution is -2.58. The highest BCUT2D eigenvalue weighted by Crippen LogP contribution is 2.05. The van der Waals surface area contributed by atoms with Crippen LogP contribution in [0.15, 0.2) is 30.3 Å². The van der Waals surface area contributed by atoms with Gasteiger partial charge in [0.15, 0.2) is 0 Å². The minimum absolute atomic E-state index is 0.0993. The summed E-state index contributed by atoms with van der Waals surface area (Å²) in [7, 11) is 0. The highest BCUT2D eigenvalue weighted by molar-refractivity contribution is 5.92. The Morgan fingerprint density at radius 2 is 1.82 bits per heavy atom. The highest BCUT2D eigenvalue weighted by Gasteiger charge is 2.31. The van der Waals surface area contributed by atoms with E-state index >= 15 is 0 Å². The number of ether oxygens (including phenoxy) is 1. The standard InChI is InChI=1S/C15H21N3O4/c1-10(12(16)19)17-13(20)15(2,3)18-14(21)22-9-11-7-5-4-6-8-11/h4-8,10H,9H2,1-3H3,(H2,16,19)(H,17,20)(H,18,21)/t10-/m0/s1. The number of hydrogen-bond donors (Lipinski definition) is 3. The first kappa shape index (κ1) is 17.5. The lowest BCUT2D eigenvalue weighted by molar-refractivity contribution is -0.130. The van der Waals surface area contributed by atoms with Crippen LogP contribution in [-0.2, 0) is 20.9 Å². The molecule has 0 saturated heterocycles. The summed E-state index contributed by atoms with van der Waals surface area (Å²) in [5, 5.41) is 4.86. The van der Waals surface area contributed by atoms with E-state index in [2.05, 4.69) is 10.6 Å². The molecule has 0 aliphatic heterocycles. The first-order valence-electron chi connectivity index (χ1n) is 6.81. The molecule has 1 rings (SSSR count). The molecule has 0 unspecified atom stereocenters. The van der Waals surface area contributed by atoms with E-state index in [1.54, 1.807) is 0 Å². The normalized spacial score (nSPS) is 12.1. The Labute approximate surface area is 129 Å². The maximum atomic E-state index is 12.0. The van der Waals surface area contributed by atoms with Gasteiger partial charge in [0.1, 0.15) is 18.2 Å². The van der Waals surface area contributed by atoms with Crippen LogP contribution in [0.3, 0.4) is 0 Å². The molecule has 1 aromatic rings. The van der Waals surface area contributed by atoms with Crippen molar-refractivity contribution in [3.05, 3.63) is 35.9 Å².